The molecule has 0 heterocycles. The number of benzene rings is 4. The molecule has 0 saturated carbocycles. The number of aromatic carboxylic acids is 2. The zero-order chi connectivity index (χ0) is 22.1. The smallest absolute Gasteiger partial charge is 0.339 e. The molecule has 4 rings (SSSR count). The number of aromatic hydroxyl groups is 2. The van der Waals surface area contributed by atoms with Gasteiger partial charge < -0.3 is 20.4 Å². The average Bonchev–Trinajstić information content (AvgIpc) is 2.76. The minimum absolute atomic E-state index is 0.250. The Morgan fingerprint density at radius 2 is 1.16 bits per heavy atom. The van der Waals surface area contributed by atoms with Crippen LogP contribution in [0.2, 0.25) is 0 Å². The van der Waals surface area contributed by atoms with Crippen LogP contribution in [0.3, 0.4) is 0 Å². The maximum atomic E-state index is 11.6. The molecular weight excluding hydrogens is 396 g/mol. The lowest BCUT2D eigenvalue weighted by atomic mass is 9.81. The number of carbonyl (C=O) groups is 2. The Bertz CT molecular complexity index is 1260. The Kier molecular flexibility index (Phi) is 5.05. The molecule has 0 radical (unpaired) electrons. The van der Waals surface area contributed by atoms with E-state index in [1.54, 1.807) is 12.1 Å². The minimum atomic E-state index is -1.27. The molecule has 0 spiro atoms. The van der Waals surface area contributed by atoms with Gasteiger partial charge in [0.2, 0.25) is 0 Å². The minimum Gasteiger partial charge on any atom is -0.507 e. The molecule has 0 aromatic heterocycles. The number of rotatable bonds is 5. The summed E-state index contributed by atoms with van der Waals surface area (Å²) in [5.74, 6) is -3.79. The van der Waals surface area contributed by atoms with Crippen molar-refractivity contribution in [1.29, 1.82) is 0 Å². The van der Waals surface area contributed by atoms with Crippen molar-refractivity contribution in [2.24, 2.45) is 0 Å². The van der Waals surface area contributed by atoms with Crippen LogP contribution >= 0.6 is 0 Å². The SMILES string of the molecule is O=C(O)c1cc(C(c2ccc(O)c(C(=O)O)c2)c2cccc3ccccc23)ccc1O. The van der Waals surface area contributed by atoms with Gasteiger partial charge in [-0.2, -0.15) is 0 Å². The summed E-state index contributed by atoms with van der Waals surface area (Å²) in [5, 5.41) is 40.8. The Morgan fingerprint density at radius 3 is 1.71 bits per heavy atom. The molecule has 0 atom stereocenters. The topological polar surface area (TPSA) is 115 Å². The molecule has 154 valence electrons. The summed E-state index contributed by atoms with van der Waals surface area (Å²) in [4.78, 5) is 23.2. The van der Waals surface area contributed by atoms with Crippen LogP contribution in [0.4, 0.5) is 0 Å². The standard InChI is InChI=1S/C25H18O6/c26-21-10-8-15(12-19(21)24(28)29)23(16-9-11-22(27)20(13-16)25(30)31)18-7-3-5-14-4-1-2-6-17(14)18/h1-13,23,26-27H,(H,28,29)(H,30,31). The maximum Gasteiger partial charge on any atom is 0.339 e. The van der Waals surface area contributed by atoms with Gasteiger partial charge >= 0.3 is 11.9 Å². The number of fused-ring (bicyclic) bond motifs is 1. The van der Waals surface area contributed by atoms with Crippen molar-refractivity contribution in [3.05, 3.63) is 107 Å². The van der Waals surface area contributed by atoms with Crippen LogP contribution in [0.15, 0.2) is 78.9 Å². The van der Waals surface area contributed by atoms with E-state index in [2.05, 4.69) is 0 Å². The maximum absolute atomic E-state index is 11.6. The van der Waals surface area contributed by atoms with Gasteiger partial charge in [0.05, 0.1) is 0 Å². The Hall–Kier alpha value is -4.32. The lowest BCUT2D eigenvalue weighted by Gasteiger charge is -2.22. The van der Waals surface area contributed by atoms with Gasteiger partial charge in [0.25, 0.3) is 0 Å². The number of hydrogen-bond donors (Lipinski definition) is 4. The quantitative estimate of drug-likeness (QED) is 0.348. The fraction of sp³-hybridized carbons (Fsp3) is 0.0400. The van der Waals surface area contributed by atoms with Crippen molar-refractivity contribution in [3.63, 3.8) is 0 Å². The van der Waals surface area contributed by atoms with Crippen LogP contribution in [-0.4, -0.2) is 32.4 Å². The van der Waals surface area contributed by atoms with Gasteiger partial charge in [-0.15, -0.1) is 0 Å². The van der Waals surface area contributed by atoms with Crippen molar-refractivity contribution in [3.8, 4) is 11.5 Å². The molecule has 0 unspecified atom stereocenters. The number of carboxylic acid groups (broad SMARTS) is 2. The third-order valence-corrected chi connectivity index (χ3v) is 5.30. The van der Waals surface area contributed by atoms with E-state index in [1.165, 1.54) is 24.3 Å². The molecule has 0 amide bonds. The molecule has 0 aliphatic heterocycles. The van der Waals surface area contributed by atoms with Gasteiger partial charge in [0, 0.05) is 5.92 Å². The van der Waals surface area contributed by atoms with Crippen LogP contribution in [0.5, 0.6) is 11.5 Å². The summed E-state index contributed by atoms with van der Waals surface area (Å²) in [7, 11) is 0. The van der Waals surface area contributed by atoms with E-state index in [0.717, 1.165) is 16.3 Å². The van der Waals surface area contributed by atoms with Crippen molar-refractivity contribution in [2.75, 3.05) is 0 Å². The van der Waals surface area contributed by atoms with Gasteiger partial charge in [0.15, 0.2) is 0 Å². The summed E-state index contributed by atoms with van der Waals surface area (Å²) in [5.41, 5.74) is 1.46. The lowest BCUT2D eigenvalue weighted by Crippen LogP contribution is -2.08. The average molecular weight is 414 g/mol. The van der Waals surface area contributed by atoms with E-state index < -0.39 is 17.9 Å². The van der Waals surface area contributed by atoms with Gasteiger partial charge in [-0.3, -0.25) is 0 Å². The highest BCUT2D eigenvalue weighted by Crippen LogP contribution is 2.38. The zero-order valence-corrected chi connectivity index (χ0v) is 16.2. The predicted molar refractivity (Wildman–Crippen MR) is 115 cm³/mol. The molecule has 6 nitrogen and oxygen atoms in total. The first-order valence-corrected chi connectivity index (χ1v) is 9.47. The molecule has 0 fully saturated rings. The van der Waals surface area contributed by atoms with Crippen LogP contribution in [0, 0.1) is 0 Å². The molecule has 4 aromatic carbocycles. The molecule has 6 heteroatoms. The van der Waals surface area contributed by atoms with E-state index in [1.807, 2.05) is 42.5 Å². The van der Waals surface area contributed by atoms with Gasteiger partial charge in [-0.1, -0.05) is 54.6 Å². The fourth-order valence-corrected chi connectivity index (χ4v) is 3.86. The van der Waals surface area contributed by atoms with E-state index in [0.29, 0.717) is 11.1 Å². The molecule has 31 heavy (non-hydrogen) atoms. The fourth-order valence-electron chi connectivity index (χ4n) is 3.86. The molecule has 0 aliphatic carbocycles. The van der Waals surface area contributed by atoms with Crippen molar-refractivity contribution in [1.82, 2.24) is 0 Å². The number of hydrogen-bond acceptors (Lipinski definition) is 4. The largest absolute Gasteiger partial charge is 0.507 e. The molecule has 4 aromatic rings. The Balaban J connectivity index is 2.03. The first-order valence-electron chi connectivity index (χ1n) is 9.47. The Morgan fingerprint density at radius 1 is 0.645 bits per heavy atom. The van der Waals surface area contributed by atoms with E-state index in [9.17, 15) is 30.0 Å². The highest BCUT2D eigenvalue weighted by Gasteiger charge is 2.23. The molecule has 0 bridgehead atoms. The summed E-state index contributed by atoms with van der Waals surface area (Å²) < 4.78 is 0. The van der Waals surface area contributed by atoms with Crippen molar-refractivity contribution < 1.29 is 30.0 Å². The van der Waals surface area contributed by atoms with Crippen molar-refractivity contribution in [2.45, 2.75) is 5.92 Å². The summed E-state index contributed by atoms with van der Waals surface area (Å²) in [6.45, 7) is 0. The second-order valence-corrected chi connectivity index (χ2v) is 7.16. The molecule has 4 N–H and O–H groups in total. The molecular formula is C25H18O6. The molecule has 0 saturated heterocycles. The van der Waals surface area contributed by atoms with Crippen molar-refractivity contribution >= 4 is 22.7 Å². The highest BCUT2D eigenvalue weighted by atomic mass is 16.4. The summed E-state index contributed by atoms with van der Waals surface area (Å²) >= 11 is 0. The van der Waals surface area contributed by atoms with Gasteiger partial charge in [-0.25, -0.2) is 9.59 Å². The van der Waals surface area contributed by atoms with Crippen LogP contribution in [0.25, 0.3) is 10.8 Å². The van der Waals surface area contributed by atoms with E-state index in [-0.39, 0.29) is 22.6 Å². The van der Waals surface area contributed by atoms with Crippen LogP contribution in [0.1, 0.15) is 43.3 Å². The number of carboxylic acids is 2. The summed E-state index contributed by atoms with van der Waals surface area (Å²) in [6.07, 6.45) is 0. The predicted octanol–water partition coefficient (Wildman–Crippen LogP) is 4.83. The monoisotopic (exact) mass is 414 g/mol. The second-order valence-electron chi connectivity index (χ2n) is 7.16. The zero-order valence-electron chi connectivity index (χ0n) is 16.2. The van der Waals surface area contributed by atoms with Gasteiger partial charge in [-0.05, 0) is 51.7 Å². The lowest BCUT2D eigenvalue weighted by molar-refractivity contribution is 0.0682. The van der Waals surface area contributed by atoms with Crippen LogP contribution < -0.4 is 0 Å². The summed E-state index contributed by atoms with van der Waals surface area (Å²) in [6, 6.07) is 22.0. The second kappa shape index (κ2) is 7.84. The third kappa shape index (κ3) is 3.67. The number of phenols is 2. The van der Waals surface area contributed by atoms with E-state index >= 15 is 0 Å². The van der Waals surface area contributed by atoms with E-state index in [4.69, 9.17) is 0 Å². The third-order valence-electron chi connectivity index (χ3n) is 5.30. The first kappa shape index (κ1) is 20.0. The Labute approximate surface area is 177 Å². The molecule has 0 aliphatic rings. The van der Waals surface area contributed by atoms with Gasteiger partial charge in [0.1, 0.15) is 22.6 Å². The highest BCUT2D eigenvalue weighted by molar-refractivity contribution is 5.93. The van der Waals surface area contributed by atoms with Crippen LogP contribution in [-0.2, 0) is 0 Å². The normalized spacial score (nSPS) is 11.0. The first-order chi connectivity index (χ1) is 14.9.